The number of halogens is 1. The fraction of sp³-hybridized carbons (Fsp3) is 0.105. The Hall–Kier alpha value is -3.13. The summed E-state index contributed by atoms with van der Waals surface area (Å²) in [5.41, 5.74) is 1.29. The Morgan fingerprint density at radius 3 is 2.52 bits per heavy atom. The summed E-state index contributed by atoms with van der Waals surface area (Å²) in [5, 5.41) is 11.9. The molecule has 2 aromatic carbocycles. The van der Waals surface area contributed by atoms with Crippen molar-refractivity contribution >= 4 is 40.6 Å². The molecule has 2 N–H and O–H groups in total. The van der Waals surface area contributed by atoms with Crippen LogP contribution >= 0.6 is 11.8 Å². The highest BCUT2D eigenvalue weighted by molar-refractivity contribution is 8.18. The van der Waals surface area contributed by atoms with Crippen LogP contribution in [0.5, 0.6) is 5.75 Å². The van der Waals surface area contributed by atoms with Crippen molar-refractivity contribution in [3.63, 3.8) is 0 Å². The molecule has 1 saturated heterocycles. The van der Waals surface area contributed by atoms with Crippen LogP contribution < -0.4 is 10.1 Å². The first kappa shape index (κ1) is 18.7. The summed E-state index contributed by atoms with van der Waals surface area (Å²) in [6, 6.07) is 12.4. The molecule has 0 spiro atoms. The molecule has 0 aliphatic carbocycles. The fourth-order valence-electron chi connectivity index (χ4n) is 2.16. The van der Waals surface area contributed by atoms with Gasteiger partial charge in [-0.2, -0.15) is 0 Å². The van der Waals surface area contributed by atoms with E-state index >= 15 is 0 Å². The Kier molecular flexibility index (Phi) is 5.56. The second kappa shape index (κ2) is 8.05. The summed E-state index contributed by atoms with van der Waals surface area (Å²) >= 11 is 1.18. The predicted molar refractivity (Wildman–Crippen MR) is 101 cm³/mol. The zero-order valence-electron chi connectivity index (χ0n) is 14.2. The zero-order valence-corrected chi connectivity index (χ0v) is 15.0. The van der Waals surface area contributed by atoms with Gasteiger partial charge in [0.25, 0.3) is 5.91 Å². The third kappa shape index (κ3) is 4.95. The average molecular weight is 386 g/mol. The van der Waals surface area contributed by atoms with Gasteiger partial charge >= 0.3 is 5.97 Å². The van der Waals surface area contributed by atoms with Crippen LogP contribution in [0.25, 0.3) is 6.08 Å². The lowest BCUT2D eigenvalue weighted by atomic mass is 10.2. The minimum absolute atomic E-state index is 0.277. The Morgan fingerprint density at radius 1 is 1.22 bits per heavy atom. The van der Waals surface area contributed by atoms with Crippen LogP contribution in [0.1, 0.15) is 12.5 Å². The molecule has 8 heteroatoms. The molecule has 0 unspecified atom stereocenters. The van der Waals surface area contributed by atoms with E-state index in [0.29, 0.717) is 21.5 Å². The lowest BCUT2D eigenvalue weighted by Crippen LogP contribution is -2.22. The predicted octanol–water partition coefficient (Wildman–Crippen LogP) is 3.57. The highest BCUT2D eigenvalue weighted by atomic mass is 32.2. The summed E-state index contributed by atoms with van der Waals surface area (Å²) in [4.78, 5) is 27.6. The van der Waals surface area contributed by atoms with Gasteiger partial charge in [0.15, 0.2) is 11.3 Å². The van der Waals surface area contributed by atoms with E-state index in [1.165, 1.54) is 43.0 Å². The van der Waals surface area contributed by atoms with Crippen molar-refractivity contribution in [2.45, 2.75) is 13.0 Å². The van der Waals surface area contributed by atoms with Gasteiger partial charge in [0, 0.05) is 0 Å². The van der Waals surface area contributed by atoms with Gasteiger partial charge in [-0.25, -0.2) is 14.2 Å². The van der Waals surface area contributed by atoms with Crippen molar-refractivity contribution in [3.05, 3.63) is 64.8 Å². The number of amidine groups is 1. The number of carboxylic acids is 1. The van der Waals surface area contributed by atoms with E-state index in [0.717, 1.165) is 5.56 Å². The minimum atomic E-state index is -1.05. The molecule has 6 nitrogen and oxygen atoms in total. The zero-order chi connectivity index (χ0) is 19.4. The van der Waals surface area contributed by atoms with Crippen LogP contribution in [-0.2, 0) is 9.59 Å². The second-order valence-electron chi connectivity index (χ2n) is 5.63. The molecule has 1 heterocycles. The van der Waals surface area contributed by atoms with Crippen LogP contribution in [0.3, 0.4) is 0 Å². The maximum Gasteiger partial charge on any atom is 0.344 e. The molecule has 1 amide bonds. The standard InChI is InChI=1S/C19H15FN2O4S/c1-11(18(24)25)26-15-8-2-12(3-9-15)10-16-17(23)22-19(27-16)21-14-6-4-13(20)5-7-14/h2-11H,1H3,(H,24,25)(H,21,22,23)/b16-10+/t11-/m0/s1. The third-order valence-corrected chi connectivity index (χ3v) is 4.46. The number of thioether (sulfide) groups is 1. The Balaban J connectivity index is 1.70. The first-order valence-electron chi connectivity index (χ1n) is 7.95. The Bertz CT molecular complexity index is 924. The summed E-state index contributed by atoms with van der Waals surface area (Å²) in [6.07, 6.45) is 0.744. The van der Waals surface area contributed by atoms with Gasteiger partial charge in [-0.05, 0) is 66.7 Å². The monoisotopic (exact) mass is 386 g/mol. The van der Waals surface area contributed by atoms with E-state index in [1.54, 1.807) is 30.3 Å². The average Bonchev–Trinajstić information content (AvgIpc) is 2.97. The van der Waals surface area contributed by atoms with E-state index in [-0.39, 0.29) is 11.7 Å². The van der Waals surface area contributed by atoms with Crippen LogP contribution in [0.15, 0.2) is 58.4 Å². The number of aliphatic imine (C=N–C) groups is 1. The molecule has 0 saturated carbocycles. The number of benzene rings is 2. The summed E-state index contributed by atoms with van der Waals surface area (Å²) in [5.74, 6) is -1.25. The molecule has 1 fully saturated rings. The van der Waals surface area contributed by atoms with Gasteiger partial charge in [0.05, 0.1) is 10.6 Å². The SMILES string of the molecule is C[C@H](Oc1ccc(/C=C2/SC(=Nc3ccc(F)cc3)NC2=O)cc1)C(=O)O. The number of ether oxygens (including phenoxy) is 1. The number of nitrogens with zero attached hydrogens (tertiary/aromatic N) is 1. The topological polar surface area (TPSA) is 88.0 Å². The number of hydrogen-bond acceptors (Lipinski definition) is 5. The van der Waals surface area contributed by atoms with Crippen molar-refractivity contribution in [3.8, 4) is 5.75 Å². The lowest BCUT2D eigenvalue weighted by molar-refractivity contribution is -0.144. The molecular weight excluding hydrogens is 371 g/mol. The van der Waals surface area contributed by atoms with Crippen LogP contribution in [-0.4, -0.2) is 28.3 Å². The normalized spacial score (nSPS) is 17.8. The highest BCUT2D eigenvalue weighted by Gasteiger charge is 2.23. The smallest absolute Gasteiger partial charge is 0.344 e. The van der Waals surface area contributed by atoms with Gasteiger partial charge in [-0.1, -0.05) is 12.1 Å². The number of rotatable bonds is 5. The Morgan fingerprint density at radius 2 is 1.89 bits per heavy atom. The summed E-state index contributed by atoms with van der Waals surface area (Å²) in [7, 11) is 0. The van der Waals surface area contributed by atoms with Crippen molar-refractivity contribution < 1.29 is 23.8 Å². The first-order valence-corrected chi connectivity index (χ1v) is 8.77. The highest BCUT2D eigenvalue weighted by Crippen LogP contribution is 2.28. The number of carbonyl (C=O) groups is 2. The molecule has 3 rings (SSSR count). The van der Waals surface area contributed by atoms with Crippen LogP contribution in [0, 0.1) is 5.82 Å². The molecule has 1 aliphatic rings. The van der Waals surface area contributed by atoms with E-state index in [2.05, 4.69) is 10.3 Å². The summed E-state index contributed by atoms with van der Waals surface area (Å²) in [6.45, 7) is 1.44. The number of nitrogens with one attached hydrogen (secondary N) is 1. The van der Waals surface area contributed by atoms with Gasteiger partial charge in [0.1, 0.15) is 11.6 Å². The number of carboxylic acid groups (broad SMARTS) is 1. The number of hydrogen-bond donors (Lipinski definition) is 2. The molecule has 1 aliphatic heterocycles. The number of aliphatic carboxylic acids is 1. The molecular formula is C19H15FN2O4S. The summed E-state index contributed by atoms with van der Waals surface area (Å²) < 4.78 is 18.2. The molecule has 0 bridgehead atoms. The van der Waals surface area contributed by atoms with Gasteiger partial charge in [-0.15, -0.1) is 0 Å². The minimum Gasteiger partial charge on any atom is -0.479 e. The maximum absolute atomic E-state index is 12.9. The van der Waals surface area contributed by atoms with Crippen molar-refractivity contribution in [2.24, 2.45) is 4.99 Å². The van der Waals surface area contributed by atoms with E-state index in [9.17, 15) is 14.0 Å². The lowest BCUT2D eigenvalue weighted by Gasteiger charge is -2.10. The first-order chi connectivity index (χ1) is 12.9. The number of carbonyl (C=O) groups excluding carboxylic acids is 1. The van der Waals surface area contributed by atoms with Crippen LogP contribution in [0.2, 0.25) is 0 Å². The number of amides is 1. The molecule has 0 aromatic heterocycles. The molecule has 0 radical (unpaired) electrons. The molecule has 138 valence electrons. The van der Waals surface area contributed by atoms with Gasteiger partial charge < -0.3 is 15.2 Å². The fourth-order valence-corrected chi connectivity index (χ4v) is 3.00. The molecule has 2 aromatic rings. The van der Waals surface area contributed by atoms with Gasteiger partial charge in [0.2, 0.25) is 0 Å². The van der Waals surface area contributed by atoms with Crippen LogP contribution in [0.4, 0.5) is 10.1 Å². The van der Waals surface area contributed by atoms with Gasteiger partial charge in [-0.3, -0.25) is 4.79 Å². The molecule has 1 atom stereocenters. The van der Waals surface area contributed by atoms with E-state index in [1.807, 2.05) is 0 Å². The Labute approximate surface area is 158 Å². The van der Waals surface area contributed by atoms with E-state index in [4.69, 9.17) is 9.84 Å². The van der Waals surface area contributed by atoms with Crippen molar-refractivity contribution in [2.75, 3.05) is 0 Å². The third-order valence-electron chi connectivity index (χ3n) is 3.55. The van der Waals surface area contributed by atoms with Crippen molar-refractivity contribution in [1.82, 2.24) is 5.32 Å². The maximum atomic E-state index is 12.9. The van der Waals surface area contributed by atoms with E-state index < -0.39 is 12.1 Å². The largest absolute Gasteiger partial charge is 0.479 e. The molecule has 27 heavy (non-hydrogen) atoms. The quantitative estimate of drug-likeness (QED) is 0.767. The second-order valence-corrected chi connectivity index (χ2v) is 6.66. The van der Waals surface area contributed by atoms with Crippen molar-refractivity contribution in [1.29, 1.82) is 0 Å².